The van der Waals surface area contributed by atoms with Crippen molar-refractivity contribution in [3.63, 3.8) is 0 Å². The Morgan fingerprint density at radius 2 is 1.81 bits per heavy atom. The van der Waals surface area contributed by atoms with E-state index in [9.17, 15) is 18.4 Å². The molecule has 1 aromatic carbocycles. The molecule has 0 heterocycles. The van der Waals surface area contributed by atoms with Crippen LogP contribution >= 0.6 is 0 Å². The first-order valence-corrected chi connectivity index (χ1v) is 8.40. The number of carbonyl (C=O) groups is 2. The first-order valence-electron chi connectivity index (χ1n) is 8.40. The molecule has 1 aromatic rings. The van der Waals surface area contributed by atoms with Crippen molar-refractivity contribution in [2.75, 3.05) is 13.9 Å². The zero-order valence-electron chi connectivity index (χ0n) is 14.5. The summed E-state index contributed by atoms with van der Waals surface area (Å²) in [6.45, 7) is 0.0262. The van der Waals surface area contributed by atoms with Gasteiger partial charge in [0.1, 0.15) is 5.75 Å². The number of benzene rings is 1. The second kappa shape index (κ2) is 8.93. The number of carbonyl (C=O) groups excluding carboxylic acids is 1. The Morgan fingerprint density at radius 3 is 2.35 bits per heavy atom. The number of carboxylic acid groups (broad SMARTS) is 1. The molecule has 1 aliphatic rings. The molecule has 144 valence electrons. The van der Waals surface area contributed by atoms with Crippen LogP contribution in [0.1, 0.15) is 42.5 Å². The minimum atomic E-state index is -4.14. The van der Waals surface area contributed by atoms with Gasteiger partial charge in [0.05, 0.1) is 5.56 Å². The van der Waals surface area contributed by atoms with Crippen LogP contribution in [0.2, 0.25) is 0 Å². The van der Waals surface area contributed by atoms with E-state index >= 15 is 0 Å². The molecule has 1 atom stereocenters. The van der Waals surface area contributed by atoms with Crippen molar-refractivity contribution in [2.45, 2.75) is 44.1 Å². The minimum Gasteiger partial charge on any atom is -0.477 e. The molecule has 6 nitrogen and oxygen atoms in total. The average Bonchev–Trinajstić information content (AvgIpc) is 2.65. The zero-order valence-corrected chi connectivity index (χ0v) is 14.5. The first kappa shape index (κ1) is 20.1. The van der Waals surface area contributed by atoms with E-state index in [1.807, 2.05) is 0 Å². The van der Waals surface area contributed by atoms with E-state index in [1.165, 1.54) is 31.4 Å². The van der Waals surface area contributed by atoms with Crippen molar-refractivity contribution in [1.29, 1.82) is 0 Å². The fourth-order valence-corrected chi connectivity index (χ4v) is 3.02. The van der Waals surface area contributed by atoms with E-state index < -0.39 is 29.9 Å². The van der Waals surface area contributed by atoms with Crippen LogP contribution in [-0.2, 0) is 14.3 Å². The van der Waals surface area contributed by atoms with Gasteiger partial charge in [-0.15, -0.1) is 0 Å². The van der Waals surface area contributed by atoms with Gasteiger partial charge in [-0.25, -0.2) is 9.59 Å². The number of hydrogen-bond donors (Lipinski definition) is 1. The predicted octanol–water partition coefficient (Wildman–Crippen LogP) is 3.49. The molecular weight excluding hydrogens is 350 g/mol. The number of aliphatic carboxylic acids is 1. The number of ether oxygens (including phenoxy) is 3. The van der Waals surface area contributed by atoms with Crippen LogP contribution in [0.25, 0.3) is 0 Å². The lowest BCUT2D eigenvalue weighted by atomic mass is 9.83. The molecule has 1 N–H and O–H groups in total. The van der Waals surface area contributed by atoms with Crippen LogP contribution in [-0.4, -0.2) is 43.0 Å². The Hall–Kier alpha value is -2.22. The summed E-state index contributed by atoms with van der Waals surface area (Å²) in [6, 6.07) is 5.68. The lowest BCUT2D eigenvalue weighted by Crippen LogP contribution is -2.48. The molecule has 0 bridgehead atoms. The van der Waals surface area contributed by atoms with Gasteiger partial charge in [0, 0.05) is 13.0 Å². The maximum Gasteiger partial charge on any atom is 0.378 e. The highest BCUT2D eigenvalue weighted by Gasteiger charge is 2.53. The summed E-state index contributed by atoms with van der Waals surface area (Å²) >= 11 is 0. The monoisotopic (exact) mass is 372 g/mol. The second-order valence-electron chi connectivity index (χ2n) is 6.23. The van der Waals surface area contributed by atoms with Gasteiger partial charge in [0.25, 0.3) is 0 Å². The van der Waals surface area contributed by atoms with Gasteiger partial charge < -0.3 is 19.3 Å². The molecule has 0 amide bonds. The molecular formula is C18H22F2O6. The van der Waals surface area contributed by atoms with Crippen molar-refractivity contribution in [3.8, 4) is 5.75 Å². The molecule has 1 unspecified atom stereocenters. The topological polar surface area (TPSA) is 82.1 Å². The number of hydrogen-bond acceptors (Lipinski definition) is 5. The highest BCUT2D eigenvalue weighted by Crippen LogP contribution is 2.36. The second-order valence-corrected chi connectivity index (χ2v) is 6.23. The lowest BCUT2D eigenvalue weighted by molar-refractivity contribution is -0.189. The molecule has 2 rings (SSSR count). The van der Waals surface area contributed by atoms with Gasteiger partial charge >= 0.3 is 17.9 Å². The van der Waals surface area contributed by atoms with E-state index in [0.717, 1.165) is 6.42 Å². The summed E-state index contributed by atoms with van der Waals surface area (Å²) in [5.41, 5.74) is 0.0387. The quantitative estimate of drug-likeness (QED) is 0.556. The van der Waals surface area contributed by atoms with Crippen molar-refractivity contribution < 1.29 is 37.7 Å². The molecule has 0 saturated heterocycles. The van der Waals surface area contributed by atoms with Crippen LogP contribution in [0.3, 0.4) is 0 Å². The summed E-state index contributed by atoms with van der Waals surface area (Å²) in [5, 5.41) is 8.87. The third-order valence-electron chi connectivity index (χ3n) is 4.39. The third kappa shape index (κ3) is 4.91. The summed E-state index contributed by atoms with van der Waals surface area (Å²) in [4.78, 5) is 23.3. The van der Waals surface area contributed by atoms with Crippen LogP contribution < -0.4 is 4.74 Å². The van der Waals surface area contributed by atoms with Crippen LogP contribution in [0.15, 0.2) is 24.3 Å². The standard InChI is InChI=1S/C18H22F2O6/c1-24-11-25-14-9-7-13(8-10-14)16(21)26-15(18(19,20)17(22)23)12-5-3-2-4-6-12/h7-10,12,15H,2-6,11H2,1H3,(H,22,23). The van der Waals surface area contributed by atoms with Crippen molar-refractivity contribution in [2.24, 2.45) is 5.92 Å². The van der Waals surface area contributed by atoms with E-state index in [1.54, 1.807) is 0 Å². The normalized spacial score (nSPS) is 16.7. The Bertz CT molecular complexity index is 611. The number of carboxylic acids is 1. The zero-order chi connectivity index (χ0) is 19.2. The van der Waals surface area contributed by atoms with Gasteiger partial charge in [-0.3, -0.25) is 0 Å². The minimum absolute atomic E-state index is 0.0262. The maximum absolute atomic E-state index is 14.2. The van der Waals surface area contributed by atoms with Gasteiger partial charge in [-0.1, -0.05) is 19.3 Å². The van der Waals surface area contributed by atoms with Gasteiger partial charge in [0.15, 0.2) is 12.9 Å². The predicted molar refractivity (Wildman–Crippen MR) is 87.3 cm³/mol. The SMILES string of the molecule is COCOc1ccc(C(=O)OC(C2CCCCC2)C(F)(F)C(=O)O)cc1. The molecule has 1 saturated carbocycles. The first-order chi connectivity index (χ1) is 12.4. The fraction of sp³-hybridized carbons (Fsp3) is 0.556. The van der Waals surface area contributed by atoms with Gasteiger partial charge in [-0.2, -0.15) is 8.78 Å². The molecule has 0 spiro atoms. The van der Waals surface area contributed by atoms with Gasteiger partial charge in [-0.05, 0) is 37.1 Å². The van der Waals surface area contributed by atoms with Crippen molar-refractivity contribution >= 4 is 11.9 Å². The Morgan fingerprint density at radius 1 is 1.19 bits per heavy atom. The smallest absolute Gasteiger partial charge is 0.378 e. The largest absolute Gasteiger partial charge is 0.477 e. The van der Waals surface area contributed by atoms with Crippen LogP contribution in [0, 0.1) is 5.92 Å². The number of halogens is 2. The van der Waals surface area contributed by atoms with E-state index in [4.69, 9.17) is 19.3 Å². The van der Waals surface area contributed by atoms with Crippen molar-refractivity contribution in [3.05, 3.63) is 29.8 Å². The number of esters is 1. The Labute approximate surface area is 150 Å². The molecule has 26 heavy (non-hydrogen) atoms. The number of rotatable bonds is 8. The molecule has 0 radical (unpaired) electrons. The molecule has 1 fully saturated rings. The Balaban J connectivity index is 2.13. The highest BCUT2D eigenvalue weighted by molar-refractivity contribution is 5.90. The summed E-state index contributed by atoms with van der Waals surface area (Å²) in [5.74, 6) is -7.66. The van der Waals surface area contributed by atoms with Crippen molar-refractivity contribution in [1.82, 2.24) is 0 Å². The van der Waals surface area contributed by atoms with Crippen LogP contribution in [0.4, 0.5) is 8.78 Å². The fourth-order valence-electron chi connectivity index (χ4n) is 3.02. The van der Waals surface area contributed by atoms with Gasteiger partial charge in [0.2, 0.25) is 0 Å². The summed E-state index contributed by atoms with van der Waals surface area (Å²) in [7, 11) is 1.46. The lowest BCUT2D eigenvalue weighted by Gasteiger charge is -2.33. The van der Waals surface area contributed by atoms with E-state index in [2.05, 4.69) is 0 Å². The maximum atomic E-state index is 14.2. The van der Waals surface area contributed by atoms with E-state index in [0.29, 0.717) is 31.4 Å². The Kier molecular flexibility index (Phi) is 6.90. The number of alkyl halides is 2. The summed E-state index contributed by atoms with van der Waals surface area (Å²) < 4.78 is 43.2. The van der Waals surface area contributed by atoms with E-state index in [-0.39, 0.29) is 12.4 Å². The van der Waals surface area contributed by atoms with Crippen LogP contribution in [0.5, 0.6) is 5.75 Å². The summed E-state index contributed by atoms with van der Waals surface area (Å²) in [6.07, 6.45) is 1.14. The number of methoxy groups -OCH3 is 1. The molecule has 0 aromatic heterocycles. The highest BCUT2D eigenvalue weighted by atomic mass is 19.3. The molecule has 0 aliphatic heterocycles. The third-order valence-corrected chi connectivity index (χ3v) is 4.39. The molecule has 1 aliphatic carbocycles. The molecule has 8 heteroatoms. The average molecular weight is 372 g/mol.